The number of rotatable bonds is 8. The van der Waals surface area contributed by atoms with Crippen molar-refractivity contribution >= 4 is 29.0 Å². The molecule has 2 aromatic carbocycles. The van der Waals surface area contributed by atoms with E-state index >= 15 is 0 Å². The summed E-state index contributed by atoms with van der Waals surface area (Å²) in [6, 6.07) is 13.1. The number of aromatic nitrogens is 4. The highest BCUT2D eigenvalue weighted by molar-refractivity contribution is 7.71. The van der Waals surface area contributed by atoms with E-state index in [1.54, 1.807) is 48.4 Å². The number of nitrogens with one attached hydrogen (secondary N) is 2. The van der Waals surface area contributed by atoms with Crippen LogP contribution < -0.4 is 5.56 Å². The van der Waals surface area contributed by atoms with E-state index in [-0.39, 0.29) is 22.1 Å². The van der Waals surface area contributed by atoms with Crippen LogP contribution in [0.25, 0.3) is 22.2 Å². The fourth-order valence-corrected chi connectivity index (χ4v) is 4.04. The first-order valence-electron chi connectivity index (χ1n) is 10.8. The number of hydrogen-bond donors (Lipinski definition) is 2. The molecular weight excluding hydrogens is 453 g/mol. The van der Waals surface area contributed by atoms with Crippen molar-refractivity contribution in [3.63, 3.8) is 0 Å². The smallest absolute Gasteiger partial charge is 0.262 e. The predicted octanol–water partition coefficient (Wildman–Crippen LogP) is 4.48. The van der Waals surface area contributed by atoms with Gasteiger partial charge in [0.1, 0.15) is 5.82 Å². The molecule has 2 N–H and O–H groups in total. The van der Waals surface area contributed by atoms with Gasteiger partial charge in [-0.05, 0) is 73.6 Å². The van der Waals surface area contributed by atoms with Gasteiger partial charge >= 0.3 is 0 Å². The van der Waals surface area contributed by atoms with E-state index in [2.05, 4.69) is 21.8 Å². The topological polar surface area (TPSA) is 86.8 Å². The second-order valence-corrected chi connectivity index (χ2v) is 8.40. The van der Waals surface area contributed by atoms with Crippen LogP contribution in [-0.4, -0.2) is 44.1 Å². The Hall–Kier alpha value is -3.85. The van der Waals surface area contributed by atoms with Gasteiger partial charge in [0.2, 0.25) is 0 Å². The maximum Gasteiger partial charge on any atom is 0.262 e. The zero-order valence-electron chi connectivity index (χ0n) is 18.7. The number of amides is 1. The van der Waals surface area contributed by atoms with Crippen molar-refractivity contribution in [2.24, 2.45) is 0 Å². The Labute approximate surface area is 200 Å². The molecule has 0 aliphatic carbocycles. The van der Waals surface area contributed by atoms with Crippen LogP contribution in [0.4, 0.5) is 4.39 Å². The summed E-state index contributed by atoms with van der Waals surface area (Å²) in [4.78, 5) is 30.2. The molecule has 2 heterocycles. The molecule has 9 heteroatoms. The molecule has 2 aromatic heterocycles. The molecule has 0 fully saturated rings. The van der Waals surface area contributed by atoms with Crippen LogP contribution in [0.5, 0.6) is 0 Å². The summed E-state index contributed by atoms with van der Waals surface area (Å²) in [6.45, 7) is 4.50. The highest BCUT2D eigenvalue weighted by atomic mass is 32.1. The minimum atomic E-state index is -0.286. The number of carbonyl (C=O) groups is 1. The summed E-state index contributed by atoms with van der Waals surface area (Å²) in [5, 5.41) is 7.75. The lowest BCUT2D eigenvalue weighted by Gasteiger charge is -2.17. The van der Waals surface area contributed by atoms with Crippen molar-refractivity contribution in [3.8, 4) is 11.3 Å². The molecular formula is C25H24FN5O2S. The third kappa shape index (κ3) is 4.89. The second kappa shape index (κ2) is 9.96. The maximum atomic E-state index is 13.1. The number of aromatic amines is 2. The molecule has 174 valence electrons. The van der Waals surface area contributed by atoms with E-state index in [4.69, 9.17) is 12.2 Å². The van der Waals surface area contributed by atoms with E-state index in [1.165, 1.54) is 16.7 Å². The lowest BCUT2D eigenvalue weighted by atomic mass is 10.1. The fraction of sp³-hybridized carbons (Fsp3) is 0.200. The molecule has 7 nitrogen and oxygen atoms in total. The van der Waals surface area contributed by atoms with Gasteiger partial charge in [0, 0.05) is 37.0 Å². The summed E-state index contributed by atoms with van der Waals surface area (Å²) in [5.74, 6) is -0.431. The minimum absolute atomic E-state index is 0.145. The molecule has 1 amide bonds. The first kappa shape index (κ1) is 23.3. The monoisotopic (exact) mass is 477 g/mol. The molecule has 0 aliphatic rings. The molecule has 0 atom stereocenters. The summed E-state index contributed by atoms with van der Waals surface area (Å²) in [6.07, 6.45) is 3.05. The summed E-state index contributed by atoms with van der Waals surface area (Å²) >= 11 is 5.27. The quantitative estimate of drug-likeness (QED) is 0.289. The number of halogens is 1. The standard InChI is InChI=1S/C25H24FN5O2S/c1-3-12-31-24(33)20-11-8-17(14-22(20)27-25(31)34)23(32)30(2)13-4-5-19-15-21(29-28-19)16-6-9-18(26)10-7-16/h3,6-11,14-15H,1,4-5,12-13H2,2H3,(H,27,34)(H,28,29). The molecule has 0 radical (unpaired) electrons. The average Bonchev–Trinajstić information content (AvgIpc) is 3.30. The van der Waals surface area contributed by atoms with E-state index < -0.39 is 0 Å². The molecule has 0 bridgehead atoms. The Morgan fingerprint density at radius 2 is 2.00 bits per heavy atom. The Morgan fingerprint density at radius 1 is 1.24 bits per heavy atom. The zero-order valence-corrected chi connectivity index (χ0v) is 19.5. The van der Waals surface area contributed by atoms with Crippen molar-refractivity contribution in [1.82, 2.24) is 24.6 Å². The van der Waals surface area contributed by atoms with Gasteiger partial charge in [-0.25, -0.2) is 4.39 Å². The third-order valence-electron chi connectivity index (χ3n) is 5.60. The number of fused-ring (bicyclic) bond motifs is 1. The Bertz CT molecular complexity index is 1470. The van der Waals surface area contributed by atoms with Crippen molar-refractivity contribution in [1.29, 1.82) is 0 Å². The van der Waals surface area contributed by atoms with Gasteiger partial charge in [-0.3, -0.25) is 19.3 Å². The van der Waals surface area contributed by atoms with E-state index in [9.17, 15) is 14.0 Å². The molecule has 0 unspecified atom stereocenters. The van der Waals surface area contributed by atoms with Crippen molar-refractivity contribution < 1.29 is 9.18 Å². The number of allylic oxidation sites excluding steroid dienone is 1. The van der Waals surface area contributed by atoms with Gasteiger partial charge in [0.05, 0.1) is 16.6 Å². The molecule has 34 heavy (non-hydrogen) atoms. The number of carbonyl (C=O) groups excluding carboxylic acids is 1. The highest BCUT2D eigenvalue weighted by Gasteiger charge is 2.14. The van der Waals surface area contributed by atoms with Gasteiger partial charge in [-0.1, -0.05) is 6.08 Å². The van der Waals surface area contributed by atoms with Crippen molar-refractivity contribution in [2.45, 2.75) is 19.4 Å². The lowest BCUT2D eigenvalue weighted by molar-refractivity contribution is 0.0793. The minimum Gasteiger partial charge on any atom is -0.342 e. The number of H-pyrrole nitrogens is 2. The normalized spacial score (nSPS) is 11.0. The molecule has 0 aliphatic heterocycles. The van der Waals surface area contributed by atoms with Gasteiger partial charge in [-0.15, -0.1) is 6.58 Å². The van der Waals surface area contributed by atoms with Crippen LogP contribution in [0.15, 0.2) is 66.0 Å². The highest BCUT2D eigenvalue weighted by Crippen LogP contribution is 2.19. The fourth-order valence-electron chi connectivity index (χ4n) is 3.77. The van der Waals surface area contributed by atoms with Crippen LogP contribution in [0.2, 0.25) is 0 Å². The predicted molar refractivity (Wildman–Crippen MR) is 133 cm³/mol. The molecule has 4 rings (SSSR count). The summed E-state index contributed by atoms with van der Waals surface area (Å²) < 4.78 is 14.8. The van der Waals surface area contributed by atoms with Gasteiger partial charge in [-0.2, -0.15) is 5.10 Å². The average molecular weight is 478 g/mol. The van der Waals surface area contributed by atoms with Gasteiger partial charge in [0.25, 0.3) is 11.5 Å². The molecule has 4 aromatic rings. The van der Waals surface area contributed by atoms with Crippen LogP contribution >= 0.6 is 12.2 Å². The van der Waals surface area contributed by atoms with Crippen LogP contribution in [0.3, 0.4) is 0 Å². The Balaban J connectivity index is 1.40. The van der Waals surface area contributed by atoms with Crippen molar-refractivity contribution in [3.05, 3.63) is 93.4 Å². The van der Waals surface area contributed by atoms with Crippen molar-refractivity contribution in [2.75, 3.05) is 13.6 Å². The zero-order chi connectivity index (χ0) is 24.2. The third-order valence-corrected chi connectivity index (χ3v) is 5.92. The first-order chi connectivity index (χ1) is 16.4. The largest absolute Gasteiger partial charge is 0.342 e. The van der Waals surface area contributed by atoms with Gasteiger partial charge < -0.3 is 9.88 Å². The first-order valence-corrected chi connectivity index (χ1v) is 11.2. The van der Waals surface area contributed by atoms with Gasteiger partial charge in [0.15, 0.2) is 4.77 Å². The summed E-state index contributed by atoms with van der Waals surface area (Å²) in [7, 11) is 1.74. The van der Waals surface area contributed by atoms with Crippen LogP contribution in [0.1, 0.15) is 22.5 Å². The molecule has 0 saturated heterocycles. The summed E-state index contributed by atoms with van der Waals surface area (Å²) in [5.41, 5.74) is 3.31. The van der Waals surface area contributed by atoms with E-state index in [0.29, 0.717) is 36.0 Å². The second-order valence-electron chi connectivity index (χ2n) is 8.01. The SMILES string of the molecule is C=CCn1c(=S)[nH]c2cc(C(=O)N(C)CCCc3cc(-c4ccc(F)cc4)n[nH]3)ccc2c1=O. The van der Waals surface area contributed by atoms with E-state index in [1.807, 2.05) is 6.07 Å². The van der Waals surface area contributed by atoms with E-state index in [0.717, 1.165) is 23.4 Å². The molecule has 0 saturated carbocycles. The number of benzene rings is 2. The van der Waals surface area contributed by atoms with Crippen LogP contribution in [-0.2, 0) is 13.0 Å². The Kier molecular flexibility index (Phi) is 6.83. The lowest BCUT2D eigenvalue weighted by Crippen LogP contribution is -2.28. The molecule has 0 spiro atoms. The Morgan fingerprint density at radius 3 is 2.74 bits per heavy atom. The number of hydrogen-bond acceptors (Lipinski definition) is 4. The number of nitrogens with zero attached hydrogens (tertiary/aromatic N) is 3. The number of aryl methyl sites for hydroxylation is 1. The van der Waals surface area contributed by atoms with Crippen LogP contribution in [0, 0.1) is 10.6 Å². The maximum absolute atomic E-state index is 13.1.